The van der Waals surface area contributed by atoms with E-state index in [0.29, 0.717) is 0 Å². The summed E-state index contributed by atoms with van der Waals surface area (Å²) in [6.45, 7) is 3.24. The topological polar surface area (TPSA) is 12.5 Å². The van der Waals surface area contributed by atoms with E-state index in [0.717, 1.165) is 18.3 Å². The Labute approximate surface area is 95.5 Å². The summed E-state index contributed by atoms with van der Waals surface area (Å²) in [4.78, 5) is 2.52. The third kappa shape index (κ3) is 1.02. The van der Waals surface area contributed by atoms with E-state index >= 15 is 0 Å². The van der Waals surface area contributed by atoms with Gasteiger partial charge in [0.2, 0.25) is 0 Å². The van der Waals surface area contributed by atoms with Crippen LogP contribution in [0.2, 0.25) is 0 Å². The van der Waals surface area contributed by atoms with Gasteiger partial charge in [-0.3, -0.25) is 0 Å². The molecule has 0 radical (unpaired) electrons. The van der Waals surface area contributed by atoms with Crippen LogP contribution < -0.4 is 4.74 Å². The fraction of sp³-hybridized carbons (Fsp3) is 0.429. The van der Waals surface area contributed by atoms with E-state index in [9.17, 15) is 0 Å². The van der Waals surface area contributed by atoms with E-state index in [1.807, 2.05) is 0 Å². The summed E-state index contributed by atoms with van der Waals surface area (Å²) in [6.07, 6.45) is 2.65. The van der Waals surface area contributed by atoms with Gasteiger partial charge in [0.15, 0.2) is 0 Å². The Morgan fingerprint density at radius 1 is 1.12 bits per heavy atom. The van der Waals surface area contributed by atoms with Crippen LogP contribution in [0.5, 0.6) is 5.75 Å². The van der Waals surface area contributed by atoms with Gasteiger partial charge in [0, 0.05) is 18.7 Å². The molecule has 0 atom stereocenters. The number of hydrogen-bond donors (Lipinski definition) is 0. The van der Waals surface area contributed by atoms with Crippen molar-refractivity contribution in [3.05, 3.63) is 35.5 Å². The fourth-order valence-corrected chi connectivity index (χ4v) is 3.35. The summed E-state index contributed by atoms with van der Waals surface area (Å²) in [7, 11) is 0. The molecule has 2 heteroatoms. The Balaban J connectivity index is 1.94. The molecule has 0 aromatic heterocycles. The number of hydrogen-bond acceptors (Lipinski definition) is 2. The average molecular weight is 213 g/mol. The predicted molar refractivity (Wildman–Crippen MR) is 63.2 cm³/mol. The van der Waals surface area contributed by atoms with Crippen molar-refractivity contribution in [2.24, 2.45) is 5.92 Å². The molecule has 0 aliphatic carbocycles. The molecule has 2 nitrogen and oxygen atoms in total. The van der Waals surface area contributed by atoms with Crippen molar-refractivity contribution in [3.8, 4) is 5.75 Å². The maximum atomic E-state index is 5.85. The van der Waals surface area contributed by atoms with Crippen molar-refractivity contribution in [2.45, 2.75) is 12.8 Å². The highest BCUT2D eigenvalue weighted by Crippen LogP contribution is 2.46. The molecular formula is C14H15NO. The molecule has 4 heterocycles. The van der Waals surface area contributed by atoms with Gasteiger partial charge in [-0.2, -0.15) is 0 Å². The minimum atomic E-state index is 0.781. The molecule has 4 aliphatic rings. The van der Waals surface area contributed by atoms with Gasteiger partial charge in [-0.1, -0.05) is 18.2 Å². The Morgan fingerprint density at radius 3 is 2.81 bits per heavy atom. The van der Waals surface area contributed by atoms with Crippen molar-refractivity contribution in [3.63, 3.8) is 0 Å². The van der Waals surface area contributed by atoms with Crippen LogP contribution in [0.1, 0.15) is 18.4 Å². The van der Waals surface area contributed by atoms with Crippen LogP contribution in [-0.2, 0) is 0 Å². The number of nitrogens with zero attached hydrogens (tertiary/aromatic N) is 1. The summed E-state index contributed by atoms with van der Waals surface area (Å²) < 4.78 is 5.85. The first-order valence-corrected chi connectivity index (χ1v) is 6.13. The molecule has 0 N–H and O–H groups in total. The fourth-order valence-electron chi connectivity index (χ4n) is 3.35. The Hall–Kier alpha value is -1.44. The first kappa shape index (κ1) is 8.68. The van der Waals surface area contributed by atoms with E-state index in [1.54, 1.807) is 5.57 Å². The van der Waals surface area contributed by atoms with Crippen molar-refractivity contribution >= 4 is 5.57 Å². The Morgan fingerprint density at radius 2 is 1.94 bits per heavy atom. The molecule has 0 spiro atoms. The van der Waals surface area contributed by atoms with E-state index in [1.165, 1.54) is 37.2 Å². The van der Waals surface area contributed by atoms with Crippen LogP contribution in [0.25, 0.3) is 5.57 Å². The second kappa shape index (κ2) is 3.03. The molecule has 1 saturated heterocycles. The van der Waals surface area contributed by atoms with E-state index in [2.05, 4.69) is 29.2 Å². The zero-order valence-electron chi connectivity index (χ0n) is 9.28. The molecule has 1 aromatic rings. The van der Waals surface area contributed by atoms with Crippen molar-refractivity contribution in [1.29, 1.82) is 0 Å². The molecule has 0 amide bonds. The van der Waals surface area contributed by atoms with E-state index < -0.39 is 0 Å². The normalized spacial score (nSPS) is 22.9. The second-order valence-corrected chi connectivity index (χ2v) is 4.91. The Kier molecular flexibility index (Phi) is 1.65. The highest BCUT2D eigenvalue weighted by Gasteiger charge is 2.36. The van der Waals surface area contributed by atoms with Crippen LogP contribution in [0.3, 0.4) is 0 Å². The van der Waals surface area contributed by atoms with Gasteiger partial charge in [-0.05, 0) is 30.4 Å². The summed E-state index contributed by atoms with van der Waals surface area (Å²) in [5.74, 6) is 1.86. The minimum Gasteiger partial charge on any atom is -0.487 e. The summed E-state index contributed by atoms with van der Waals surface area (Å²) in [6, 6.07) is 8.49. The van der Waals surface area contributed by atoms with Crippen molar-refractivity contribution in [2.75, 3.05) is 19.7 Å². The van der Waals surface area contributed by atoms with Crippen LogP contribution in [0.4, 0.5) is 0 Å². The predicted octanol–water partition coefficient (Wildman–Crippen LogP) is 2.52. The molecule has 4 aliphatic heterocycles. The van der Waals surface area contributed by atoms with Crippen LogP contribution in [0, 0.1) is 5.92 Å². The van der Waals surface area contributed by atoms with Crippen LogP contribution >= 0.6 is 0 Å². The summed E-state index contributed by atoms with van der Waals surface area (Å²) in [5.41, 5.74) is 4.39. The zero-order chi connectivity index (χ0) is 10.5. The van der Waals surface area contributed by atoms with Gasteiger partial charge in [-0.15, -0.1) is 0 Å². The molecule has 0 unspecified atom stereocenters. The number of benzene rings is 1. The second-order valence-electron chi connectivity index (χ2n) is 4.91. The van der Waals surface area contributed by atoms with Gasteiger partial charge in [-0.25, -0.2) is 0 Å². The van der Waals surface area contributed by atoms with E-state index in [4.69, 9.17) is 4.74 Å². The highest BCUT2D eigenvalue weighted by atomic mass is 16.5. The molecular weight excluding hydrogens is 198 g/mol. The van der Waals surface area contributed by atoms with Gasteiger partial charge in [0.05, 0.1) is 5.70 Å². The van der Waals surface area contributed by atoms with Crippen LogP contribution in [0.15, 0.2) is 30.0 Å². The molecule has 16 heavy (non-hydrogen) atoms. The van der Waals surface area contributed by atoms with Gasteiger partial charge in [0.1, 0.15) is 12.4 Å². The lowest BCUT2D eigenvalue weighted by atomic mass is 9.78. The third-order valence-electron chi connectivity index (χ3n) is 4.14. The average Bonchev–Trinajstić information content (AvgIpc) is 2.40. The first-order valence-electron chi connectivity index (χ1n) is 6.13. The lowest BCUT2D eigenvalue weighted by Crippen LogP contribution is -2.43. The number of allylic oxidation sites excluding steroid dienone is 1. The lowest BCUT2D eigenvalue weighted by molar-refractivity contribution is 0.187. The number of ether oxygens (including phenoxy) is 1. The van der Waals surface area contributed by atoms with Gasteiger partial charge in [0.25, 0.3) is 0 Å². The number of para-hydroxylation sites is 1. The maximum Gasteiger partial charge on any atom is 0.128 e. The van der Waals surface area contributed by atoms with Gasteiger partial charge < -0.3 is 9.64 Å². The SMILES string of the molecule is c1ccc2c(c1)OCC1=C2C2CCN1CC2. The summed E-state index contributed by atoms with van der Waals surface area (Å²) >= 11 is 0. The smallest absolute Gasteiger partial charge is 0.128 e. The molecule has 2 bridgehead atoms. The van der Waals surface area contributed by atoms with E-state index in [-0.39, 0.29) is 0 Å². The number of rotatable bonds is 0. The lowest BCUT2D eigenvalue weighted by Gasteiger charge is -2.46. The maximum absolute atomic E-state index is 5.85. The molecule has 1 aromatic carbocycles. The van der Waals surface area contributed by atoms with Crippen molar-refractivity contribution in [1.82, 2.24) is 4.90 Å². The molecule has 1 fully saturated rings. The Bertz CT molecular complexity index is 469. The summed E-state index contributed by atoms with van der Waals surface area (Å²) in [5, 5.41) is 0. The zero-order valence-corrected chi connectivity index (χ0v) is 9.28. The first-order chi connectivity index (χ1) is 7.93. The highest BCUT2D eigenvalue weighted by molar-refractivity contribution is 5.77. The number of piperidine rings is 1. The van der Waals surface area contributed by atoms with Gasteiger partial charge >= 0.3 is 0 Å². The standard InChI is InChI=1S/C14H15NO/c1-2-4-13-11(3-1)14-10-5-7-15(8-6-10)12(14)9-16-13/h1-4,10H,5-9H2. The quantitative estimate of drug-likeness (QED) is 0.656. The monoisotopic (exact) mass is 213 g/mol. The largest absolute Gasteiger partial charge is 0.487 e. The minimum absolute atomic E-state index is 0.781. The third-order valence-corrected chi connectivity index (χ3v) is 4.14. The number of fused-ring (bicyclic) bond motifs is 3. The molecule has 5 rings (SSSR count). The van der Waals surface area contributed by atoms with Crippen molar-refractivity contribution < 1.29 is 4.74 Å². The van der Waals surface area contributed by atoms with Crippen LogP contribution in [-0.4, -0.2) is 24.6 Å². The molecule has 82 valence electrons. The molecule has 0 saturated carbocycles.